The summed E-state index contributed by atoms with van der Waals surface area (Å²) in [5.41, 5.74) is 3.57. The van der Waals surface area contributed by atoms with E-state index in [-0.39, 0.29) is 36.0 Å². The van der Waals surface area contributed by atoms with Crippen molar-refractivity contribution in [3.63, 3.8) is 0 Å². The zero-order chi connectivity index (χ0) is 31.6. The number of amides is 1. The second-order valence-electron chi connectivity index (χ2n) is 11.5. The number of nitrogens with zero attached hydrogens (tertiary/aromatic N) is 4. The highest BCUT2D eigenvalue weighted by Gasteiger charge is 2.26. The molecule has 2 fully saturated rings. The number of carbonyl (C=O) groups is 1. The topological polar surface area (TPSA) is 88.4 Å². The fourth-order valence-electron chi connectivity index (χ4n) is 5.80. The van der Waals surface area contributed by atoms with Gasteiger partial charge in [-0.3, -0.25) is 19.8 Å². The zero-order valence-electron chi connectivity index (χ0n) is 25.8. The maximum atomic E-state index is 13.0. The number of carbonyl (C=O) groups excluding carboxylic acids is 1. The van der Waals surface area contributed by atoms with Crippen molar-refractivity contribution in [3.05, 3.63) is 108 Å². The summed E-state index contributed by atoms with van der Waals surface area (Å²) in [5.74, 6) is 0.725. The summed E-state index contributed by atoms with van der Waals surface area (Å²) in [7, 11) is 0. The molecule has 5 rings (SSSR count). The summed E-state index contributed by atoms with van der Waals surface area (Å²) in [4.78, 5) is 30.8. The van der Waals surface area contributed by atoms with Crippen molar-refractivity contribution in [2.24, 2.45) is 5.92 Å². The highest BCUT2D eigenvalue weighted by atomic mass is 16.6. The molecule has 2 heterocycles. The predicted octanol–water partition coefficient (Wildman–Crippen LogP) is 6.21. The van der Waals surface area contributed by atoms with E-state index in [4.69, 9.17) is 9.47 Å². The fraction of sp³-hybridized carbons (Fsp3) is 0.361. The van der Waals surface area contributed by atoms with E-state index in [0.717, 1.165) is 32.7 Å². The molecule has 9 nitrogen and oxygen atoms in total. The second-order valence-corrected chi connectivity index (χ2v) is 11.5. The van der Waals surface area contributed by atoms with Gasteiger partial charge in [0.15, 0.2) is 0 Å². The molecule has 0 saturated carbocycles. The van der Waals surface area contributed by atoms with Gasteiger partial charge in [-0.2, -0.15) is 0 Å². The first kappa shape index (κ1) is 31.8. The largest absolute Gasteiger partial charge is 0.490 e. The van der Waals surface area contributed by atoms with Crippen LogP contribution in [0.15, 0.2) is 98.1 Å². The molecule has 0 aliphatic carbocycles. The summed E-state index contributed by atoms with van der Waals surface area (Å²) >= 11 is 0. The van der Waals surface area contributed by atoms with Crippen LogP contribution in [0.1, 0.15) is 19.3 Å². The molecule has 2 saturated heterocycles. The molecule has 3 aromatic rings. The Kier molecular flexibility index (Phi) is 10.9. The van der Waals surface area contributed by atoms with Gasteiger partial charge in [-0.05, 0) is 29.3 Å². The number of nitro benzene ring substituents is 1. The Balaban J connectivity index is 1.03. The second kappa shape index (κ2) is 15.4. The minimum absolute atomic E-state index is 0.0766. The summed E-state index contributed by atoms with van der Waals surface area (Å²) in [6.45, 7) is 13.5. The average molecular weight is 611 g/mol. The average Bonchev–Trinajstić information content (AvgIpc) is 3.08. The molecule has 45 heavy (non-hydrogen) atoms. The first-order valence-corrected chi connectivity index (χ1v) is 15.7. The Labute approximate surface area is 265 Å². The molecule has 9 heteroatoms. The highest BCUT2D eigenvalue weighted by molar-refractivity contribution is 5.76. The van der Waals surface area contributed by atoms with E-state index in [0.29, 0.717) is 38.1 Å². The minimum atomic E-state index is -0.468. The minimum Gasteiger partial charge on any atom is -0.490 e. The van der Waals surface area contributed by atoms with Crippen LogP contribution in [-0.4, -0.2) is 79.2 Å². The molecule has 0 spiro atoms. The van der Waals surface area contributed by atoms with E-state index >= 15 is 0 Å². The quantitative estimate of drug-likeness (QED) is 0.129. The van der Waals surface area contributed by atoms with Gasteiger partial charge in [0.2, 0.25) is 11.7 Å². The van der Waals surface area contributed by atoms with Crippen molar-refractivity contribution in [3.8, 4) is 22.6 Å². The number of hydrogen-bond donors (Lipinski definition) is 0. The highest BCUT2D eigenvalue weighted by Crippen LogP contribution is 2.33. The zero-order valence-corrected chi connectivity index (χ0v) is 25.8. The summed E-state index contributed by atoms with van der Waals surface area (Å²) in [6, 6.07) is 23.8. The van der Waals surface area contributed by atoms with Crippen LogP contribution < -0.4 is 14.4 Å². The van der Waals surface area contributed by atoms with Crippen LogP contribution in [0.2, 0.25) is 0 Å². The Bertz CT molecular complexity index is 1440. The maximum Gasteiger partial charge on any atom is 0.311 e. The van der Waals surface area contributed by atoms with Gasteiger partial charge in [-0.1, -0.05) is 54.6 Å². The Morgan fingerprint density at radius 3 is 2.22 bits per heavy atom. The molecule has 2 aliphatic heterocycles. The molecule has 0 bridgehead atoms. The van der Waals surface area contributed by atoms with Gasteiger partial charge in [0.25, 0.3) is 0 Å². The molecule has 1 amide bonds. The van der Waals surface area contributed by atoms with Crippen LogP contribution in [0.4, 0.5) is 11.4 Å². The molecule has 0 aromatic heterocycles. The first-order valence-electron chi connectivity index (χ1n) is 15.7. The smallest absolute Gasteiger partial charge is 0.311 e. The summed E-state index contributed by atoms with van der Waals surface area (Å²) in [6.07, 6.45) is 5.21. The number of benzene rings is 3. The predicted molar refractivity (Wildman–Crippen MR) is 178 cm³/mol. The molecule has 0 N–H and O–H groups in total. The van der Waals surface area contributed by atoms with E-state index in [1.165, 1.54) is 22.9 Å². The molecule has 0 radical (unpaired) electrons. The summed E-state index contributed by atoms with van der Waals surface area (Å²) < 4.78 is 11.9. The van der Waals surface area contributed by atoms with Crippen LogP contribution in [0.5, 0.6) is 11.5 Å². The number of anilines is 1. The number of piperazine rings is 1. The van der Waals surface area contributed by atoms with Crippen molar-refractivity contribution in [1.29, 1.82) is 0 Å². The third-order valence-corrected chi connectivity index (χ3v) is 8.62. The van der Waals surface area contributed by atoms with Gasteiger partial charge >= 0.3 is 5.69 Å². The first-order chi connectivity index (χ1) is 21.9. The van der Waals surface area contributed by atoms with Crippen LogP contribution >= 0.6 is 0 Å². The van der Waals surface area contributed by atoms with Crippen LogP contribution in [0.3, 0.4) is 0 Å². The van der Waals surface area contributed by atoms with Gasteiger partial charge in [0, 0.05) is 88.8 Å². The third kappa shape index (κ3) is 8.51. The Morgan fingerprint density at radius 2 is 1.58 bits per heavy atom. The lowest BCUT2D eigenvalue weighted by Gasteiger charge is -2.37. The van der Waals surface area contributed by atoms with Crippen molar-refractivity contribution in [1.82, 2.24) is 9.80 Å². The standard InChI is InChI=1S/C36H42N4O5/c1-3-28(4-2)27-44-35-26-33(14-15-34(35)40(42)43)45-32-16-20-39(21-17-32)36(41)18-19-37-22-24-38(25-23-37)31-12-10-30(11-13-31)29-8-6-5-7-9-29/h3-15,26,28,32H,1-2,16-25,27H2. The SMILES string of the molecule is C=CC(C=C)COc1cc(OC2CCN(C(=O)CCN3CCN(c4ccc(-c5ccccc5)cc4)CC3)CC2)ccc1[N+](=O)[O-]. The van der Waals surface area contributed by atoms with E-state index < -0.39 is 4.92 Å². The van der Waals surface area contributed by atoms with Crippen LogP contribution in [0.25, 0.3) is 11.1 Å². The van der Waals surface area contributed by atoms with Crippen molar-refractivity contribution in [2.75, 3.05) is 57.3 Å². The molecular formula is C36H42N4O5. The number of hydrogen-bond acceptors (Lipinski definition) is 7. The Morgan fingerprint density at radius 1 is 0.911 bits per heavy atom. The summed E-state index contributed by atoms with van der Waals surface area (Å²) in [5, 5.41) is 11.5. The lowest BCUT2D eigenvalue weighted by Crippen LogP contribution is -2.48. The van der Waals surface area contributed by atoms with E-state index in [9.17, 15) is 14.9 Å². The van der Waals surface area contributed by atoms with Gasteiger partial charge in [0.05, 0.1) is 11.5 Å². The van der Waals surface area contributed by atoms with Gasteiger partial charge in [0.1, 0.15) is 11.9 Å². The van der Waals surface area contributed by atoms with Crippen LogP contribution in [-0.2, 0) is 4.79 Å². The number of rotatable bonds is 13. The van der Waals surface area contributed by atoms with E-state index in [2.05, 4.69) is 71.5 Å². The van der Waals surface area contributed by atoms with Gasteiger partial charge in [-0.15, -0.1) is 13.2 Å². The fourth-order valence-corrected chi connectivity index (χ4v) is 5.80. The van der Waals surface area contributed by atoms with Crippen molar-refractivity contribution in [2.45, 2.75) is 25.4 Å². The normalized spacial score (nSPS) is 15.9. The molecule has 236 valence electrons. The number of nitro groups is 1. The molecule has 2 aliphatic rings. The number of piperidine rings is 1. The monoisotopic (exact) mass is 610 g/mol. The molecule has 0 unspecified atom stereocenters. The van der Waals surface area contributed by atoms with Crippen molar-refractivity contribution < 1.29 is 19.2 Å². The van der Waals surface area contributed by atoms with Crippen LogP contribution in [0, 0.1) is 16.0 Å². The lowest BCUT2D eigenvalue weighted by molar-refractivity contribution is -0.385. The molecule has 3 aromatic carbocycles. The van der Waals surface area contributed by atoms with E-state index in [1.807, 2.05) is 11.0 Å². The maximum absolute atomic E-state index is 13.0. The molecule has 0 atom stereocenters. The number of ether oxygens (including phenoxy) is 2. The van der Waals surface area contributed by atoms with Crippen molar-refractivity contribution >= 4 is 17.3 Å². The lowest BCUT2D eigenvalue weighted by atomic mass is 10.1. The van der Waals surface area contributed by atoms with Gasteiger partial charge in [-0.25, -0.2) is 0 Å². The third-order valence-electron chi connectivity index (χ3n) is 8.62. The van der Waals surface area contributed by atoms with Gasteiger partial charge < -0.3 is 19.3 Å². The molecular weight excluding hydrogens is 568 g/mol. The van der Waals surface area contributed by atoms with E-state index in [1.54, 1.807) is 24.3 Å². The Hall–Kier alpha value is -4.63. The number of likely N-dealkylation sites (tertiary alicyclic amines) is 1.